The number of ether oxygens (including phenoxy) is 1. The van der Waals surface area contributed by atoms with E-state index in [9.17, 15) is 22.5 Å². The average molecular weight is 568 g/mol. The van der Waals surface area contributed by atoms with Crippen molar-refractivity contribution >= 4 is 40.4 Å². The third-order valence-corrected chi connectivity index (χ3v) is 7.73. The summed E-state index contributed by atoms with van der Waals surface area (Å²) in [5, 5.41) is 0.315. The summed E-state index contributed by atoms with van der Waals surface area (Å²) in [6, 6.07) is 12.3. The van der Waals surface area contributed by atoms with Crippen LogP contribution in [0.1, 0.15) is 10.4 Å². The Labute approximate surface area is 226 Å². The molecular weight excluding hydrogens is 543 g/mol. The predicted molar refractivity (Wildman–Crippen MR) is 140 cm³/mol. The number of amides is 1. The minimum Gasteiger partial charge on any atom is -0.593 e. The van der Waals surface area contributed by atoms with Crippen molar-refractivity contribution in [3.63, 3.8) is 0 Å². The Morgan fingerprint density at radius 1 is 1.11 bits per heavy atom. The van der Waals surface area contributed by atoms with Crippen LogP contribution >= 0.6 is 11.6 Å². The van der Waals surface area contributed by atoms with Gasteiger partial charge in [-0.15, -0.1) is 17.5 Å². The molecule has 0 aliphatic carbocycles. The zero-order valence-electron chi connectivity index (χ0n) is 20.5. The van der Waals surface area contributed by atoms with Gasteiger partial charge in [-0.2, -0.15) is 0 Å². The number of benzene rings is 2. The molecule has 0 radical (unpaired) electrons. The number of pyridine rings is 1. The van der Waals surface area contributed by atoms with Gasteiger partial charge in [0, 0.05) is 38.9 Å². The highest BCUT2D eigenvalue weighted by atomic mass is 35.5. The highest BCUT2D eigenvalue weighted by Gasteiger charge is 2.36. The second kappa shape index (κ2) is 11.3. The number of hydrogen-bond acceptors (Lipinski definition) is 7. The number of para-hydroxylation sites is 1. The zero-order valence-corrected chi connectivity index (χ0v) is 22.1. The molecular formula is C25H25ClF3N5O3S. The number of nitrogen functional groups attached to an aromatic ring is 1. The topological polar surface area (TPSA) is 98.0 Å². The van der Waals surface area contributed by atoms with Crippen molar-refractivity contribution in [3.05, 3.63) is 65.3 Å². The fraction of sp³-hybridized carbons (Fsp3) is 0.280. The number of hydrogen-bond donors (Lipinski definition) is 1. The molecule has 13 heteroatoms. The maximum absolute atomic E-state index is 13.0. The molecule has 38 heavy (non-hydrogen) atoms. The van der Waals surface area contributed by atoms with Crippen molar-refractivity contribution in [2.24, 2.45) is 0 Å². The van der Waals surface area contributed by atoms with Crippen LogP contribution in [-0.4, -0.2) is 71.3 Å². The van der Waals surface area contributed by atoms with Crippen molar-refractivity contribution in [2.75, 3.05) is 50.9 Å². The number of rotatable bonds is 6. The van der Waals surface area contributed by atoms with E-state index in [1.165, 1.54) is 23.1 Å². The third-order valence-electron chi connectivity index (χ3n) is 5.87. The fourth-order valence-corrected chi connectivity index (χ4v) is 5.53. The Hall–Kier alpha value is -3.19. The Morgan fingerprint density at radius 2 is 1.79 bits per heavy atom. The first-order chi connectivity index (χ1) is 17.9. The van der Waals surface area contributed by atoms with Gasteiger partial charge in [-0.3, -0.25) is 4.79 Å². The summed E-state index contributed by atoms with van der Waals surface area (Å²) in [6.07, 6.45) is -3.23. The van der Waals surface area contributed by atoms with Crippen LogP contribution in [0.3, 0.4) is 0 Å². The van der Waals surface area contributed by atoms with Gasteiger partial charge in [0.2, 0.25) is 4.90 Å². The molecule has 1 unspecified atom stereocenters. The number of nitrogens with two attached hydrogens (primary N) is 1. The summed E-state index contributed by atoms with van der Waals surface area (Å²) < 4.78 is 56.9. The number of halogens is 4. The molecule has 1 amide bonds. The molecule has 2 heterocycles. The summed E-state index contributed by atoms with van der Waals surface area (Å²) in [7, 11) is 3.29. The fourth-order valence-electron chi connectivity index (χ4n) is 4.01. The molecule has 4 rings (SSSR count). The smallest absolute Gasteiger partial charge is 0.573 e. The lowest BCUT2D eigenvalue weighted by atomic mass is 10.0. The average Bonchev–Trinajstić information content (AvgIpc) is 2.87. The van der Waals surface area contributed by atoms with Crippen molar-refractivity contribution < 1.29 is 27.3 Å². The molecule has 1 aromatic heterocycles. The zero-order chi connectivity index (χ0) is 27.6. The number of nitrogens with zero attached hydrogens (tertiary/aromatic N) is 4. The first-order valence-corrected chi connectivity index (χ1v) is 13.0. The lowest BCUT2D eigenvalue weighted by molar-refractivity contribution is -0.275. The normalized spacial score (nSPS) is 15.3. The summed E-state index contributed by atoms with van der Waals surface area (Å²) in [5.41, 5.74) is 8.59. The number of carbonyl (C=O) groups is 1. The van der Waals surface area contributed by atoms with Gasteiger partial charge in [-0.1, -0.05) is 29.8 Å². The van der Waals surface area contributed by atoms with Gasteiger partial charge >= 0.3 is 6.36 Å². The Balaban J connectivity index is 1.44. The number of piperazine rings is 1. The molecule has 1 saturated heterocycles. The maximum Gasteiger partial charge on any atom is 0.573 e. The quantitative estimate of drug-likeness (QED) is 0.440. The van der Waals surface area contributed by atoms with Gasteiger partial charge in [-0.25, -0.2) is 4.98 Å². The SMILES string of the molecule is CN(C)C(=O)c1ccc(-c2cnc(N3CCN([S+]([O-])c4ccccc4OC(F)(F)F)CC3)c(N)c2)cc1Cl. The largest absolute Gasteiger partial charge is 0.593 e. The molecule has 3 aromatic rings. The van der Waals surface area contributed by atoms with Gasteiger partial charge < -0.3 is 24.8 Å². The summed E-state index contributed by atoms with van der Waals surface area (Å²) in [4.78, 5) is 20.1. The van der Waals surface area contributed by atoms with E-state index < -0.39 is 23.5 Å². The molecule has 1 aliphatic heterocycles. The van der Waals surface area contributed by atoms with E-state index in [2.05, 4.69) is 9.72 Å². The lowest BCUT2D eigenvalue weighted by Gasteiger charge is -2.35. The minimum absolute atomic E-state index is 0.0442. The molecule has 1 aliphatic rings. The van der Waals surface area contributed by atoms with Crippen LogP contribution in [0, 0.1) is 0 Å². The molecule has 2 N–H and O–H groups in total. The molecule has 0 spiro atoms. The molecule has 202 valence electrons. The maximum atomic E-state index is 13.0. The van der Waals surface area contributed by atoms with Crippen molar-refractivity contribution in [3.8, 4) is 16.9 Å². The number of anilines is 2. The third kappa shape index (κ3) is 6.26. The summed E-state index contributed by atoms with van der Waals surface area (Å²) >= 11 is 4.49. The standard InChI is InChI=1S/C25H25ClF3N5O3S/c1-32(2)24(35)18-8-7-16(13-19(18)26)17-14-20(30)23(31-15-17)33-9-11-34(12-10-33)38(36)22-6-4-3-5-21(22)37-25(27,28)29/h3-8,13-15H,9-12,30H2,1-2H3. The highest BCUT2D eigenvalue weighted by Crippen LogP contribution is 2.33. The molecule has 1 atom stereocenters. The van der Waals surface area contributed by atoms with E-state index in [-0.39, 0.29) is 10.8 Å². The summed E-state index contributed by atoms with van der Waals surface area (Å²) in [6.45, 7) is 1.45. The van der Waals surface area contributed by atoms with Crippen molar-refractivity contribution in [1.29, 1.82) is 0 Å². The van der Waals surface area contributed by atoms with Gasteiger partial charge in [-0.05, 0) is 35.9 Å². The molecule has 0 saturated carbocycles. The van der Waals surface area contributed by atoms with Crippen molar-refractivity contribution in [1.82, 2.24) is 14.2 Å². The van der Waals surface area contributed by atoms with E-state index in [4.69, 9.17) is 17.3 Å². The van der Waals surface area contributed by atoms with Crippen LogP contribution < -0.4 is 15.4 Å². The monoisotopic (exact) mass is 567 g/mol. The predicted octanol–water partition coefficient (Wildman–Crippen LogP) is 4.43. The van der Waals surface area contributed by atoms with Gasteiger partial charge in [0.25, 0.3) is 5.91 Å². The minimum atomic E-state index is -4.88. The lowest BCUT2D eigenvalue weighted by Crippen LogP contribution is -2.49. The molecule has 1 fully saturated rings. The van der Waals surface area contributed by atoms with Gasteiger partial charge in [0.1, 0.15) is 0 Å². The number of alkyl halides is 3. The number of carbonyl (C=O) groups excluding carboxylic acids is 1. The summed E-state index contributed by atoms with van der Waals surface area (Å²) in [5.74, 6) is -0.141. The molecule has 8 nitrogen and oxygen atoms in total. The van der Waals surface area contributed by atoms with E-state index in [1.807, 2.05) is 4.90 Å². The van der Waals surface area contributed by atoms with Crippen LogP contribution in [0.4, 0.5) is 24.7 Å². The molecule has 2 aromatic carbocycles. The van der Waals surface area contributed by atoms with Crippen LogP contribution in [0.2, 0.25) is 5.02 Å². The Bertz CT molecular complexity index is 1320. The first-order valence-electron chi connectivity index (χ1n) is 11.5. The second-order valence-corrected chi connectivity index (χ2v) is 10.6. The van der Waals surface area contributed by atoms with E-state index >= 15 is 0 Å². The highest BCUT2D eigenvalue weighted by molar-refractivity contribution is 7.89. The number of aromatic nitrogens is 1. The van der Waals surface area contributed by atoms with E-state index in [0.29, 0.717) is 48.3 Å². The van der Waals surface area contributed by atoms with Gasteiger partial charge in [0.15, 0.2) is 11.6 Å². The van der Waals surface area contributed by atoms with Crippen LogP contribution in [0.15, 0.2) is 59.6 Å². The second-order valence-electron chi connectivity index (χ2n) is 8.69. The van der Waals surface area contributed by atoms with Gasteiger partial charge in [0.05, 0.1) is 40.7 Å². The Morgan fingerprint density at radius 3 is 2.39 bits per heavy atom. The van der Waals surface area contributed by atoms with E-state index in [0.717, 1.165) is 17.2 Å². The Kier molecular flexibility index (Phi) is 8.26. The first kappa shape index (κ1) is 27.8. The molecule has 0 bridgehead atoms. The van der Waals surface area contributed by atoms with Crippen LogP contribution in [0.25, 0.3) is 11.1 Å². The van der Waals surface area contributed by atoms with Crippen LogP contribution in [-0.2, 0) is 11.4 Å². The van der Waals surface area contributed by atoms with E-state index in [1.54, 1.807) is 48.9 Å². The van der Waals surface area contributed by atoms with Crippen LogP contribution in [0.5, 0.6) is 5.75 Å². The van der Waals surface area contributed by atoms with Crippen molar-refractivity contribution in [2.45, 2.75) is 11.3 Å².